The Balaban J connectivity index is 2.16. The maximum atomic E-state index is 11.8. The van der Waals surface area contributed by atoms with E-state index in [1.807, 2.05) is 0 Å². The largest absolute Gasteiger partial charge is 0.334 e. The summed E-state index contributed by atoms with van der Waals surface area (Å²) >= 11 is 3.29. The van der Waals surface area contributed by atoms with Gasteiger partial charge >= 0.3 is 0 Å². The number of pyridine rings is 1. The molecule has 0 unspecified atom stereocenters. The maximum absolute atomic E-state index is 11.8. The van der Waals surface area contributed by atoms with Crippen molar-refractivity contribution in [3.05, 3.63) is 28.5 Å². The summed E-state index contributed by atoms with van der Waals surface area (Å²) in [6.45, 7) is 1.25. The van der Waals surface area contributed by atoms with E-state index in [0.29, 0.717) is 18.8 Å². The highest BCUT2D eigenvalue weighted by Crippen LogP contribution is 2.17. The van der Waals surface area contributed by atoms with Crippen molar-refractivity contribution >= 4 is 21.8 Å². The van der Waals surface area contributed by atoms with Crippen molar-refractivity contribution in [2.75, 3.05) is 13.1 Å². The molecule has 0 bridgehead atoms. The first kappa shape index (κ1) is 9.61. The van der Waals surface area contributed by atoms with E-state index < -0.39 is 0 Å². The summed E-state index contributed by atoms with van der Waals surface area (Å²) in [6, 6.07) is 3.71. The van der Waals surface area contributed by atoms with Crippen LogP contribution in [0.3, 0.4) is 0 Å². The minimum absolute atomic E-state index is 0.0563. The third kappa shape index (κ3) is 1.65. The number of carbonyl (C=O) groups is 1. The van der Waals surface area contributed by atoms with E-state index in [4.69, 9.17) is 5.73 Å². The van der Waals surface area contributed by atoms with Crippen molar-refractivity contribution in [3.63, 3.8) is 0 Å². The van der Waals surface area contributed by atoms with Gasteiger partial charge in [-0.15, -0.1) is 0 Å². The molecule has 1 aromatic heterocycles. The quantitative estimate of drug-likeness (QED) is 0.801. The summed E-state index contributed by atoms with van der Waals surface area (Å²) in [5.74, 6) is -0.0563. The third-order valence-electron chi connectivity index (χ3n) is 2.16. The van der Waals surface area contributed by atoms with Gasteiger partial charge < -0.3 is 10.6 Å². The molecule has 14 heavy (non-hydrogen) atoms. The molecule has 5 heteroatoms. The molecule has 2 rings (SSSR count). The Labute approximate surface area is 90.2 Å². The molecule has 1 saturated heterocycles. The van der Waals surface area contributed by atoms with Crippen molar-refractivity contribution in [1.82, 2.24) is 9.88 Å². The maximum Gasteiger partial charge on any atom is 0.273 e. The molecule has 2 heterocycles. The smallest absolute Gasteiger partial charge is 0.273 e. The summed E-state index contributed by atoms with van der Waals surface area (Å²) < 4.78 is 0.727. The van der Waals surface area contributed by atoms with E-state index in [1.165, 1.54) is 0 Å². The van der Waals surface area contributed by atoms with Crippen LogP contribution in [0.5, 0.6) is 0 Å². The van der Waals surface area contributed by atoms with Crippen molar-refractivity contribution in [1.29, 1.82) is 0 Å². The predicted molar refractivity (Wildman–Crippen MR) is 55.8 cm³/mol. The summed E-state index contributed by atoms with van der Waals surface area (Å²) in [5, 5.41) is 0. The van der Waals surface area contributed by atoms with Crippen LogP contribution >= 0.6 is 15.9 Å². The highest BCUT2D eigenvalue weighted by atomic mass is 79.9. The molecule has 1 fully saturated rings. The Morgan fingerprint density at radius 3 is 2.93 bits per heavy atom. The number of rotatable bonds is 1. The fourth-order valence-electron chi connectivity index (χ4n) is 1.37. The van der Waals surface area contributed by atoms with E-state index in [-0.39, 0.29) is 11.9 Å². The monoisotopic (exact) mass is 255 g/mol. The lowest BCUT2D eigenvalue weighted by molar-refractivity contribution is 0.0601. The van der Waals surface area contributed by atoms with Crippen molar-refractivity contribution in [3.8, 4) is 0 Å². The van der Waals surface area contributed by atoms with Crippen LogP contribution < -0.4 is 5.73 Å². The first-order chi connectivity index (χ1) is 6.68. The topological polar surface area (TPSA) is 59.2 Å². The van der Waals surface area contributed by atoms with Crippen LogP contribution in [0.2, 0.25) is 0 Å². The van der Waals surface area contributed by atoms with Crippen LogP contribution in [0, 0.1) is 0 Å². The van der Waals surface area contributed by atoms with Crippen LogP contribution in [-0.4, -0.2) is 34.9 Å². The minimum atomic E-state index is -0.0563. The number of aromatic nitrogens is 1. The second-order valence-electron chi connectivity index (χ2n) is 3.30. The Kier molecular flexibility index (Phi) is 2.52. The second-order valence-corrected chi connectivity index (χ2v) is 4.16. The van der Waals surface area contributed by atoms with Gasteiger partial charge in [-0.2, -0.15) is 0 Å². The first-order valence-electron chi connectivity index (χ1n) is 4.34. The number of carbonyl (C=O) groups excluding carboxylic acids is 1. The van der Waals surface area contributed by atoms with Crippen molar-refractivity contribution < 1.29 is 4.79 Å². The number of nitrogens with zero attached hydrogens (tertiary/aromatic N) is 2. The summed E-state index contributed by atoms with van der Waals surface area (Å²) in [7, 11) is 0. The number of hydrogen-bond donors (Lipinski definition) is 1. The normalized spacial score (nSPS) is 16.6. The standard InChI is InChI=1S/C9H10BrN3O/c10-7-2-1-3-12-8(7)9(14)13-4-6(11)5-13/h1-3,6H,4-5,11H2. The average molecular weight is 256 g/mol. The zero-order chi connectivity index (χ0) is 10.1. The van der Waals surface area contributed by atoms with E-state index in [1.54, 1.807) is 23.2 Å². The highest BCUT2D eigenvalue weighted by Gasteiger charge is 2.29. The van der Waals surface area contributed by atoms with Gasteiger partial charge in [-0.1, -0.05) is 0 Å². The number of hydrogen-bond acceptors (Lipinski definition) is 3. The van der Waals surface area contributed by atoms with Gasteiger partial charge in [-0.3, -0.25) is 4.79 Å². The van der Waals surface area contributed by atoms with Gasteiger partial charge in [0.1, 0.15) is 5.69 Å². The third-order valence-corrected chi connectivity index (χ3v) is 2.80. The molecule has 1 aromatic rings. The van der Waals surface area contributed by atoms with Gasteiger partial charge in [-0.05, 0) is 28.1 Å². The number of halogens is 1. The van der Waals surface area contributed by atoms with Gasteiger partial charge in [0.05, 0.1) is 0 Å². The predicted octanol–water partition coefficient (Wildman–Crippen LogP) is 0.627. The van der Waals surface area contributed by atoms with Gasteiger partial charge in [-0.25, -0.2) is 4.98 Å². The van der Waals surface area contributed by atoms with Gasteiger partial charge in [0.25, 0.3) is 5.91 Å². The molecule has 0 atom stereocenters. The number of amides is 1. The Morgan fingerprint density at radius 1 is 1.64 bits per heavy atom. The molecule has 4 nitrogen and oxygen atoms in total. The van der Waals surface area contributed by atoms with Gasteiger partial charge in [0.2, 0.25) is 0 Å². The van der Waals surface area contributed by atoms with E-state index in [0.717, 1.165) is 4.47 Å². The minimum Gasteiger partial charge on any atom is -0.334 e. The van der Waals surface area contributed by atoms with E-state index >= 15 is 0 Å². The molecule has 0 aliphatic carbocycles. The van der Waals surface area contributed by atoms with Crippen LogP contribution in [0.4, 0.5) is 0 Å². The van der Waals surface area contributed by atoms with Crippen LogP contribution in [0.25, 0.3) is 0 Å². The first-order valence-corrected chi connectivity index (χ1v) is 5.13. The summed E-state index contributed by atoms with van der Waals surface area (Å²) in [5.41, 5.74) is 6.05. The Bertz CT molecular complexity index is 363. The van der Waals surface area contributed by atoms with Gasteiger partial charge in [0, 0.05) is 29.8 Å². The van der Waals surface area contributed by atoms with Crippen LogP contribution in [-0.2, 0) is 0 Å². The molecule has 0 spiro atoms. The summed E-state index contributed by atoms with van der Waals surface area (Å²) in [6.07, 6.45) is 1.61. The van der Waals surface area contributed by atoms with Crippen molar-refractivity contribution in [2.45, 2.75) is 6.04 Å². The molecular weight excluding hydrogens is 246 g/mol. The second kappa shape index (κ2) is 3.67. The fraction of sp³-hybridized carbons (Fsp3) is 0.333. The highest BCUT2D eigenvalue weighted by molar-refractivity contribution is 9.10. The molecule has 0 radical (unpaired) electrons. The lowest BCUT2D eigenvalue weighted by Crippen LogP contribution is -2.58. The Morgan fingerprint density at radius 2 is 2.36 bits per heavy atom. The van der Waals surface area contributed by atoms with Crippen LogP contribution in [0.15, 0.2) is 22.8 Å². The molecule has 2 N–H and O–H groups in total. The molecule has 1 amide bonds. The SMILES string of the molecule is NC1CN(C(=O)c2ncccc2Br)C1. The molecule has 74 valence electrons. The lowest BCUT2D eigenvalue weighted by Gasteiger charge is -2.36. The summed E-state index contributed by atoms with van der Waals surface area (Å²) in [4.78, 5) is 17.5. The van der Waals surface area contributed by atoms with Crippen LogP contribution in [0.1, 0.15) is 10.5 Å². The Hall–Kier alpha value is -0.940. The molecular formula is C9H10BrN3O. The zero-order valence-electron chi connectivity index (χ0n) is 7.48. The average Bonchev–Trinajstić information content (AvgIpc) is 2.13. The molecule has 0 aromatic carbocycles. The zero-order valence-corrected chi connectivity index (χ0v) is 9.07. The molecule has 1 aliphatic heterocycles. The van der Waals surface area contributed by atoms with Crippen molar-refractivity contribution in [2.24, 2.45) is 5.73 Å². The molecule has 1 aliphatic rings. The molecule has 0 saturated carbocycles. The lowest BCUT2D eigenvalue weighted by atomic mass is 10.1. The van der Waals surface area contributed by atoms with Gasteiger partial charge in [0.15, 0.2) is 0 Å². The van der Waals surface area contributed by atoms with E-state index in [2.05, 4.69) is 20.9 Å². The van der Waals surface area contributed by atoms with E-state index in [9.17, 15) is 4.79 Å². The number of likely N-dealkylation sites (tertiary alicyclic amines) is 1. The number of nitrogens with two attached hydrogens (primary N) is 1. The fourth-order valence-corrected chi connectivity index (χ4v) is 1.80.